The molecule has 100 valence electrons. The van der Waals surface area contributed by atoms with Crippen molar-refractivity contribution in [2.75, 3.05) is 0 Å². The number of halogens is 1. The Morgan fingerprint density at radius 1 is 1.47 bits per heavy atom. The molecule has 0 bridgehead atoms. The lowest BCUT2D eigenvalue weighted by atomic mass is 10.2. The van der Waals surface area contributed by atoms with E-state index in [9.17, 15) is 4.79 Å². The maximum atomic E-state index is 10.6. The molecule has 2 aromatic rings. The van der Waals surface area contributed by atoms with Gasteiger partial charge in [0.15, 0.2) is 11.9 Å². The zero-order valence-corrected chi connectivity index (χ0v) is 10.8. The number of nitrogens with zero attached hydrogens (tertiary/aromatic N) is 2. The van der Waals surface area contributed by atoms with Crippen molar-refractivity contribution >= 4 is 17.6 Å². The molecule has 0 saturated heterocycles. The van der Waals surface area contributed by atoms with E-state index in [4.69, 9.17) is 26.0 Å². The standard InChI is InChI=1S/C12H11ClN2O4/c1-7(12(16)17)18-6-10-14-11(19-15-10)8-2-4-9(13)5-3-8/h2-5,7H,6H2,1H3,(H,16,17). The van der Waals surface area contributed by atoms with Crippen molar-refractivity contribution in [3.8, 4) is 11.5 Å². The van der Waals surface area contributed by atoms with Gasteiger partial charge in [-0.2, -0.15) is 4.98 Å². The molecule has 7 heteroatoms. The summed E-state index contributed by atoms with van der Waals surface area (Å²) in [7, 11) is 0. The van der Waals surface area contributed by atoms with Crippen LogP contribution < -0.4 is 0 Å². The Bertz CT molecular complexity index is 567. The average molecular weight is 283 g/mol. The van der Waals surface area contributed by atoms with Crippen molar-refractivity contribution in [3.05, 3.63) is 35.1 Å². The molecule has 0 amide bonds. The smallest absolute Gasteiger partial charge is 0.332 e. The van der Waals surface area contributed by atoms with Gasteiger partial charge in [-0.1, -0.05) is 16.8 Å². The normalized spacial score (nSPS) is 12.3. The molecule has 0 aliphatic rings. The molecule has 1 heterocycles. The van der Waals surface area contributed by atoms with Crippen LogP contribution in [0.4, 0.5) is 0 Å². The van der Waals surface area contributed by atoms with E-state index in [1.807, 2.05) is 0 Å². The SMILES string of the molecule is CC(OCc1noc(-c2ccc(Cl)cc2)n1)C(=O)O. The molecule has 1 aromatic carbocycles. The predicted molar refractivity (Wildman–Crippen MR) is 66.6 cm³/mol. The van der Waals surface area contributed by atoms with Crippen molar-refractivity contribution in [3.63, 3.8) is 0 Å². The first-order chi connectivity index (χ1) is 9.06. The second-order valence-electron chi connectivity index (χ2n) is 3.81. The number of hydrogen-bond acceptors (Lipinski definition) is 5. The van der Waals surface area contributed by atoms with Gasteiger partial charge in [-0.25, -0.2) is 4.79 Å². The Hall–Kier alpha value is -1.92. The van der Waals surface area contributed by atoms with E-state index in [-0.39, 0.29) is 12.4 Å². The van der Waals surface area contributed by atoms with Gasteiger partial charge in [0.2, 0.25) is 0 Å². The molecule has 0 aliphatic heterocycles. The van der Waals surface area contributed by atoms with Crippen LogP contribution in [0.15, 0.2) is 28.8 Å². The van der Waals surface area contributed by atoms with Crippen molar-refractivity contribution < 1.29 is 19.2 Å². The highest BCUT2D eigenvalue weighted by atomic mass is 35.5. The fourth-order valence-electron chi connectivity index (χ4n) is 1.29. The van der Waals surface area contributed by atoms with E-state index in [2.05, 4.69) is 10.1 Å². The highest BCUT2D eigenvalue weighted by Gasteiger charge is 2.14. The van der Waals surface area contributed by atoms with Crippen molar-refractivity contribution in [2.24, 2.45) is 0 Å². The van der Waals surface area contributed by atoms with Gasteiger partial charge >= 0.3 is 5.97 Å². The van der Waals surface area contributed by atoms with Crippen LogP contribution in [0.5, 0.6) is 0 Å². The molecule has 1 N–H and O–H groups in total. The number of carbonyl (C=O) groups is 1. The summed E-state index contributed by atoms with van der Waals surface area (Å²) in [4.78, 5) is 14.7. The quantitative estimate of drug-likeness (QED) is 0.906. The number of carboxylic acids is 1. The lowest BCUT2D eigenvalue weighted by molar-refractivity contribution is -0.150. The van der Waals surface area contributed by atoms with Gasteiger partial charge in [-0.3, -0.25) is 0 Å². The molecule has 0 fully saturated rings. The van der Waals surface area contributed by atoms with Crippen LogP contribution in [0, 0.1) is 0 Å². The second-order valence-corrected chi connectivity index (χ2v) is 4.25. The minimum absolute atomic E-state index is 0.0233. The zero-order chi connectivity index (χ0) is 13.8. The second kappa shape index (κ2) is 5.81. The molecule has 1 unspecified atom stereocenters. The minimum Gasteiger partial charge on any atom is -0.479 e. The zero-order valence-electron chi connectivity index (χ0n) is 10.0. The maximum Gasteiger partial charge on any atom is 0.332 e. The van der Waals surface area contributed by atoms with Gasteiger partial charge in [0.1, 0.15) is 6.61 Å². The highest BCUT2D eigenvalue weighted by molar-refractivity contribution is 6.30. The summed E-state index contributed by atoms with van der Waals surface area (Å²) in [6.45, 7) is 1.41. The summed E-state index contributed by atoms with van der Waals surface area (Å²) in [6, 6.07) is 6.92. The Morgan fingerprint density at radius 2 is 2.16 bits per heavy atom. The number of carboxylic acid groups (broad SMARTS) is 1. The molecule has 19 heavy (non-hydrogen) atoms. The van der Waals surface area contributed by atoms with Crippen LogP contribution in [0.1, 0.15) is 12.7 Å². The van der Waals surface area contributed by atoms with E-state index in [0.717, 1.165) is 5.56 Å². The van der Waals surface area contributed by atoms with E-state index in [0.29, 0.717) is 10.9 Å². The summed E-state index contributed by atoms with van der Waals surface area (Å²) in [5.74, 6) is -0.419. The number of ether oxygens (including phenoxy) is 1. The summed E-state index contributed by atoms with van der Waals surface area (Å²) < 4.78 is 10.1. The van der Waals surface area contributed by atoms with Gasteiger partial charge in [0.05, 0.1) is 0 Å². The summed E-state index contributed by atoms with van der Waals surface area (Å²) >= 11 is 5.78. The van der Waals surface area contributed by atoms with E-state index in [1.165, 1.54) is 6.92 Å². The predicted octanol–water partition coefficient (Wildman–Crippen LogP) is 2.38. The van der Waals surface area contributed by atoms with Crippen LogP contribution in [0.2, 0.25) is 5.02 Å². The molecule has 0 spiro atoms. The Labute approximate surface area is 114 Å². The van der Waals surface area contributed by atoms with Crippen molar-refractivity contribution in [2.45, 2.75) is 19.6 Å². The Balaban J connectivity index is 2.03. The summed E-state index contributed by atoms with van der Waals surface area (Å²) in [5.41, 5.74) is 0.731. The third-order valence-corrected chi connectivity index (χ3v) is 2.62. The van der Waals surface area contributed by atoms with Gasteiger partial charge < -0.3 is 14.4 Å². The van der Waals surface area contributed by atoms with Crippen LogP contribution in [0.25, 0.3) is 11.5 Å². The van der Waals surface area contributed by atoms with Gasteiger partial charge in [0, 0.05) is 10.6 Å². The minimum atomic E-state index is -1.04. The highest BCUT2D eigenvalue weighted by Crippen LogP contribution is 2.19. The fraction of sp³-hybridized carbons (Fsp3) is 0.250. The molecular formula is C12H11ClN2O4. The van der Waals surface area contributed by atoms with Crippen molar-refractivity contribution in [1.29, 1.82) is 0 Å². The molecular weight excluding hydrogens is 272 g/mol. The Morgan fingerprint density at radius 3 is 2.79 bits per heavy atom. The lowest BCUT2D eigenvalue weighted by Crippen LogP contribution is -2.19. The average Bonchev–Trinajstić information content (AvgIpc) is 2.85. The van der Waals surface area contributed by atoms with E-state index < -0.39 is 12.1 Å². The first-order valence-electron chi connectivity index (χ1n) is 5.49. The van der Waals surface area contributed by atoms with Gasteiger partial charge in [-0.05, 0) is 31.2 Å². The van der Waals surface area contributed by atoms with Crippen LogP contribution in [-0.2, 0) is 16.1 Å². The number of aromatic nitrogens is 2. The molecule has 0 radical (unpaired) electrons. The maximum absolute atomic E-state index is 10.6. The number of aliphatic carboxylic acids is 1. The molecule has 0 saturated carbocycles. The Kier molecular flexibility index (Phi) is 4.13. The van der Waals surface area contributed by atoms with E-state index >= 15 is 0 Å². The van der Waals surface area contributed by atoms with E-state index in [1.54, 1.807) is 24.3 Å². The molecule has 1 aromatic heterocycles. The largest absolute Gasteiger partial charge is 0.479 e. The first-order valence-corrected chi connectivity index (χ1v) is 5.87. The first kappa shape index (κ1) is 13.5. The third-order valence-electron chi connectivity index (χ3n) is 2.37. The monoisotopic (exact) mass is 282 g/mol. The van der Waals surface area contributed by atoms with Crippen LogP contribution in [-0.4, -0.2) is 27.3 Å². The van der Waals surface area contributed by atoms with Gasteiger partial charge in [0.25, 0.3) is 5.89 Å². The van der Waals surface area contributed by atoms with Gasteiger partial charge in [-0.15, -0.1) is 0 Å². The van der Waals surface area contributed by atoms with Crippen LogP contribution >= 0.6 is 11.6 Å². The molecule has 6 nitrogen and oxygen atoms in total. The third kappa shape index (κ3) is 3.52. The number of benzene rings is 1. The topological polar surface area (TPSA) is 85.5 Å². The lowest BCUT2D eigenvalue weighted by Gasteiger charge is -2.04. The molecule has 1 atom stereocenters. The fourth-order valence-corrected chi connectivity index (χ4v) is 1.42. The molecule has 2 rings (SSSR count). The number of rotatable bonds is 5. The number of hydrogen-bond donors (Lipinski definition) is 1. The van der Waals surface area contributed by atoms with Crippen LogP contribution in [0.3, 0.4) is 0 Å². The summed E-state index contributed by atoms with van der Waals surface area (Å²) in [6.07, 6.45) is -0.919. The molecule has 0 aliphatic carbocycles. The summed E-state index contributed by atoms with van der Waals surface area (Å²) in [5, 5.41) is 13.0. The van der Waals surface area contributed by atoms with Crippen molar-refractivity contribution in [1.82, 2.24) is 10.1 Å².